The molecule has 4 amide bonds. The van der Waals surface area contributed by atoms with Crippen LogP contribution in [0.15, 0.2) is 42.5 Å². The van der Waals surface area contributed by atoms with Gasteiger partial charge in [-0.25, -0.2) is 9.69 Å². The highest BCUT2D eigenvalue weighted by Gasteiger charge is 2.63. The van der Waals surface area contributed by atoms with Crippen LogP contribution in [0.1, 0.15) is 25.3 Å². The van der Waals surface area contributed by atoms with Gasteiger partial charge in [0, 0.05) is 30.8 Å². The maximum absolute atomic E-state index is 14.3. The molecule has 3 aliphatic heterocycles. The number of ether oxygens (including phenoxy) is 2. The Morgan fingerprint density at radius 1 is 1.18 bits per heavy atom. The third kappa shape index (κ3) is 3.83. The first-order chi connectivity index (χ1) is 18.2. The number of nitro groups is 1. The molecule has 198 valence electrons. The molecule has 0 radical (unpaired) electrons. The molecule has 2 aromatic rings. The van der Waals surface area contributed by atoms with Crippen molar-refractivity contribution in [2.45, 2.75) is 32.2 Å². The molecule has 3 aliphatic rings. The molecule has 5 rings (SSSR count). The lowest BCUT2D eigenvalue weighted by molar-refractivity contribution is -0.384. The third-order valence-electron chi connectivity index (χ3n) is 7.59. The number of carbonyl (C=O) groups is 4. The Labute approximate surface area is 217 Å². The molecule has 3 heterocycles. The van der Waals surface area contributed by atoms with Gasteiger partial charge in [-0.15, -0.1) is 0 Å². The summed E-state index contributed by atoms with van der Waals surface area (Å²) in [6, 6.07) is 8.88. The summed E-state index contributed by atoms with van der Waals surface area (Å²) in [6.07, 6.45) is 0.378. The summed E-state index contributed by atoms with van der Waals surface area (Å²) in [5.74, 6) is -2.01. The zero-order valence-corrected chi connectivity index (χ0v) is 20.8. The molecule has 2 fully saturated rings. The molecule has 2 aromatic carbocycles. The standard InChI is InChI=1S/C26H26N4O8/c1-3-38-22(31)15-10-11-28-20-9-6-18(30(35)36)12-16(20)14-26(21(28)13-15)23(32)27-25(34)29(24(26)33)17-4-7-19(37-2)8-5-17/h4-9,12,15,21H,3,10-11,13-14H2,1-2H3,(H,27,32,34)/t15-,21-,26-/m1/s1. The lowest BCUT2D eigenvalue weighted by Gasteiger charge is -2.54. The van der Waals surface area contributed by atoms with Gasteiger partial charge in [0.25, 0.3) is 11.6 Å². The van der Waals surface area contributed by atoms with E-state index in [1.54, 1.807) is 25.1 Å². The minimum absolute atomic E-state index is 0.138. The van der Waals surface area contributed by atoms with Crippen LogP contribution >= 0.6 is 0 Å². The molecule has 1 spiro atoms. The number of carbonyl (C=O) groups excluding carboxylic acids is 4. The van der Waals surface area contributed by atoms with Gasteiger partial charge in [0.05, 0.1) is 36.3 Å². The lowest BCUT2D eigenvalue weighted by Crippen LogP contribution is -2.73. The van der Waals surface area contributed by atoms with E-state index >= 15 is 0 Å². The van der Waals surface area contributed by atoms with Crippen molar-refractivity contribution in [1.29, 1.82) is 0 Å². The van der Waals surface area contributed by atoms with Crippen LogP contribution in [0.2, 0.25) is 0 Å². The van der Waals surface area contributed by atoms with E-state index in [9.17, 15) is 29.3 Å². The van der Waals surface area contributed by atoms with Crippen LogP contribution in [0.25, 0.3) is 0 Å². The molecule has 12 heteroatoms. The minimum Gasteiger partial charge on any atom is -0.497 e. The van der Waals surface area contributed by atoms with E-state index in [1.165, 1.54) is 31.4 Å². The number of fused-ring (bicyclic) bond motifs is 4. The number of benzene rings is 2. The average Bonchev–Trinajstić information content (AvgIpc) is 2.91. The largest absolute Gasteiger partial charge is 0.497 e. The third-order valence-corrected chi connectivity index (χ3v) is 7.59. The summed E-state index contributed by atoms with van der Waals surface area (Å²) in [5.41, 5.74) is -0.666. The zero-order valence-electron chi connectivity index (χ0n) is 20.8. The number of non-ortho nitro benzene ring substituents is 1. The van der Waals surface area contributed by atoms with Gasteiger partial charge >= 0.3 is 12.0 Å². The summed E-state index contributed by atoms with van der Waals surface area (Å²) in [5, 5.41) is 13.8. The van der Waals surface area contributed by atoms with Crippen LogP contribution in [0, 0.1) is 21.4 Å². The quantitative estimate of drug-likeness (QED) is 0.271. The number of amides is 4. The molecule has 3 atom stereocenters. The zero-order chi connectivity index (χ0) is 27.2. The van der Waals surface area contributed by atoms with Gasteiger partial charge in [-0.1, -0.05) is 0 Å². The van der Waals surface area contributed by atoms with Gasteiger partial charge in [0.2, 0.25) is 5.91 Å². The Hall–Kier alpha value is -4.48. The van der Waals surface area contributed by atoms with Crippen LogP contribution in [-0.4, -0.2) is 55.0 Å². The fraction of sp³-hybridized carbons (Fsp3) is 0.385. The van der Waals surface area contributed by atoms with E-state index in [4.69, 9.17) is 9.47 Å². The molecule has 0 aliphatic carbocycles. The summed E-state index contributed by atoms with van der Waals surface area (Å²) < 4.78 is 10.4. The van der Waals surface area contributed by atoms with Crippen LogP contribution in [0.4, 0.5) is 21.9 Å². The van der Waals surface area contributed by atoms with Gasteiger partial charge in [-0.2, -0.15) is 0 Å². The van der Waals surface area contributed by atoms with Crippen molar-refractivity contribution < 1.29 is 33.6 Å². The maximum atomic E-state index is 14.3. The number of piperidine rings is 1. The number of methoxy groups -OCH3 is 1. The van der Waals surface area contributed by atoms with Crippen LogP contribution in [0.3, 0.4) is 0 Å². The highest BCUT2D eigenvalue weighted by atomic mass is 16.6. The molecule has 38 heavy (non-hydrogen) atoms. The number of rotatable bonds is 5. The van der Waals surface area contributed by atoms with Gasteiger partial charge in [0.1, 0.15) is 5.75 Å². The van der Waals surface area contributed by atoms with Crippen molar-refractivity contribution in [3.05, 3.63) is 58.1 Å². The van der Waals surface area contributed by atoms with Crippen LogP contribution in [0.5, 0.6) is 5.75 Å². The van der Waals surface area contributed by atoms with Crippen molar-refractivity contribution in [3.8, 4) is 5.75 Å². The smallest absolute Gasteiger partial charge is 0.335 e. The fourth-order valence-electron chi connectivity index (χ4n) is 5.79. The average molecular weight is 523 g/mol. The summed E-state index contributed by atoms with van der Waals surface area (Å²) in [4.78, 5) is 67.4. The number of imide groups is 2. The Kier molecular flexibility index (Phi) is 6.25. The second-order valence-corrected chi connectivity index (χ2v) is 9.50. The highest BCUT2D eigenvalue weighted by molar-refractivity contribution is 6.30. The number of nitrogens with zero attached hydrogens (tertiary/aromatic N) is 3. The van der Waals surface area contributed by atoms with Crippen LogP contribution in [-0.2, 0) is 25.5 Å². The number of nitro benzene ring substituents is 1. The second-order valence-electron chi connectivity index (χ2n) is 9.50. The van der Waals surface area contributed by atoms with Crippen molar-refractivity contribution in [1.82, 2.24) is 5.32 Å². The Morgan fingerprint density at radius 3 is 2.58 bits per heavy atom. The minimum atomic E-state index is -1.82. The number of hydrogen-bond donors (Lipinski definition) is 1. The first kappa shape index (κ1) is 25.2. The maximum Gasteiger partial charge on any atom is 0.335 e. The number of esters is 1. The van der Waals surface area contributed by atoms with Crippen molar-refractivity contribution >= 4 is 40.9 Å². The van der Waals surface area contributed by atoms with Crippen LogP contribution < -0.4 is 19.9 Å². The molecule has 0 bridgehead atoms. The molecule has 0 aromatic heterocycles. The lowest BCUT2D eigenvalue weighted by atomic mass is 9.64. The SMILES string of the molecule is CCOC(=O)[C@@H]1CCN2c3ccc([N+](=O)[O-])cc3C[C@]3(C(=O)NC(=O)N(c4ccc(OC)cc4)C3=O)[C@H]2C1. The Morgan fingerprint density at radius 2 is 1.92 bits per heavy atom. The second kappa shape index (κ2) is 9.43. The summed E-state index contributed by atoms with van der Waals surface area (Å²) >= 11 is 0. The fourth-order valence-corrected chi connectivity index (χ4v) is 5.79. The summed E-state index contributed by atoms with van der Waals surface area (Å²) in [6.45, 7) is 2.22. The number of barbiturate groups is 1. The topological polar surface area (TPSA) is 148 Å². The number of nitrogens with one attached hydrogen (secondary N) is 1. The molecule has 1 N–H and O–H groups in total. The van der Waals surface area contributed by atoms with E-state index < -0.39 is 46.1 Å². The van der Waals surface area contributed by atoms with E-state index in [2.05, 4.69) is 5.32 Å². The first-order valence-electron chi connectivity index (χ1n) is 12.3. The number of hydrogen-bond acceptors (Lipinski definition) is 9. The monoisotopic (exact) mass is 522 g/mol. The van der Waals surface area contributed by atoms with E-state index in [1.807, 2.05) is 4.90 Å². The first-order valence-corrected chi connectivity index (χ1v) is 12.3. The predicted molar refractivity (Wildman–Crippen MR) is 134 cm³/mol. The molecule has 0 saturated carbocycles. The normalized spacial score (nSPS) is 24.4. The number of urea groups is 1. The van der Waals surface area contributed by atoms with Gasteiger partial charge in [-0.05, 0) is 55.7 Å². The van der Waals surface area contributed by atoms with E-state index in [0.29, 0.717) is 30.0 Å². The number of anilines is 2. The Bertz CT molecular complexity index is 1340. The Balaban J connectivity index is 1.64. The molecule has 0 unspecified atom stereocenters. The molecule has 2 saturated heterocycles. The predicted octanol–water partition coefficient (Wildman–Crippen LogP) is 2.58. The van der Waals surface area contributed by atoms with Crippen molar-refractivity contribution in [2.24, 2.45) is 11.3 Å². The van der Waals surface area contributed by atoms with Gasteiger partial charge in [0.15, 0.2) is 5.41 Å². The highest BCUT2D eigenvalue weighted by Crippen LogP contribution is 2.49. The van der Waals surface area contributed by atoms with E-state index in [0.717, 1.165) is 4.90 Å². The molecule has 12 nitrogen and oxygen atoms in total. The van der Waals surface area contributed by atoms with E-state index in [-0.39, 0.29) is 30.8 Å². The van der Waals surface area contributed by atoms with Crippen molar-refractivity contribution in [2.75, 3.05) is 30.1 Å². The van der Waals surface area contributed by atoms with Crippen molar-refractivity contribution in [3.63, 3.8) is 0 Å². The molecular formula is C26H26N4O8. The molecular weight excluding hydrogens is 496 g/mol. The van der Waals surface area contributed by atoms with Gasteiger partial charge in [-0.3, -0.25) is 29.8 Å². The summed E-state index contributed by atoms with van der Waals surface area (Å²) in [7, 11) is 1.48. The van der Waals surface area contributed by atoms with Gasteiger partial charge < -0.3 is 14.4 Å².